The van der Waals surface area contributed by atoms with Gasteiger partial charge in [-0.1, -0.05) is 5.21 Å². The van der Waals surface area contributed by atoms with Crippen molar-refractivity contribution in [3.05, 3.63) is 23.8 Å². The Morgan fingerprint density at radius 1 is 1.33 bits per heavy atom. The van der Waals surface area contributed by atoms with Gasteiger partial charge in [-0.25, -0.2) is 9.48 Å². The molecule has 1 N–H and O–H groups in total. The number of carboxylic acids is 1. The zero-order valence-corrected chi connectivity index (χ0v) is 11.7. The van der Waals surface area contributed by atoms with Crippen molar-refractivity contribution in [2.75, 3.05) is 6.54 Å². The average molecular weight is 288 g/mol. The van der Waals surface area contributed by atoms with Crippen molar-refractivity contribution in [1.82, 2.24) is 19.9 Å². The Hall–Kier alpha value is -2.44. The topological polar surface area (TPSA) is 88.3 Å². The number of hydrogen-bond acceptors (Lipinski definition) is 4. The molecule has 2 heterocycles. The Labute approximate surface area is 121 Å². The molecule has 1 atom stereocenters. The van der Waals surface area contributed by atoms with Crippen LogP contribution in [0.3, 0.4) is 0 Å². The maximum absolute atomic E-state index is 12.6. The molecule has 0 spiro atoms. The van der Waals surface area contributed by atoms with Gasteiger partial charge in [-0.05, 0) is 37.5 Å². The van der Waals surface area contributed by atoms with E-state index < -0.39 is 12.0 Å². The number of nitrogens with zero attached hydrogens (tertiary/aromatic N) is 4. The number of hydrogen-bond donors (Lipinski definition) is 1. The van der Waals surface area contributed by atoms with Crippen molar-refractivity contribution >= 4 is 22.9 Å². The molecule has 1 aromatic carbocycles. The number of rotatable bonds is 2. The van der Waals surface area contributed by atoms with Gasteiger partial charge >= 0.3 is 5.97 Å². The number of benzene rings is 1. The molecule has 0 saturated carbocycles. The number of carbonyl (C=O) groups excluding carboxylic acids is 1. The first-order valence-electron chi connectivity index (χ1n) is 6.91. The molecule has 21 heavy (non-hydrogen) atoms. The van der Waals surface area contributed by atoms with Gasteiger partial charge in [0.05, 0.1) is 5.52 Å². The van der Waals surface area contributed by atoms with E-state index in [0.29, 0.717) is 24.0 Å². The lowest BCUT2D eigenvalue weighted by Crippen LogP contribution is -2.47. The Kier molecular flexibility index (Phi) is 3.32. The summed E-state index contributed by atoms with van der Waals surface area (Å²) in [5, 5.41) is 17.1. The van der Waals surface area contributed by atoms with Crippen molar-refractivity contribution in [3.63, 3.8) is 0 Å². The number of fused-ring (bicyclic) bond motifs is 1. The lowest BCUT2D eigenvalue weighted by atomic mass is 10.0. The number of carboxylic acid groups (broad SMARTS) is 1. The van der Waals surface area contributed by atoms with Crippen LogP contribution in [-0.2, 0) is 11.8 Å². The van der Waals surface area contributed by atoms with Gasteiger partial charge in [0.1, 0.15) is 11.6 Å². The van der Waals surface area contributed by atoms with Gasteiger partial charge in [-0.2, -0.15) is 0 Å². The molecule has 3 rings (SSSR count). The SMILES string of the molecule is Cn1nnc2cc(C(=O)N3CCCC[C@@H]3C(=O)O)ccc21. The number of amides is 1. The fourth-order valence-corrected chi connectivity index (χ4v) is 2.77. The van der Waals surface area contributed by atoms with Gasteiger partial charge in [0.2, 0.25) is 0 Å². The summed E-state index contributed by atoms with van der Waals surface area (Å²) in [6.07, 6.45) is 2.18. The molecule has 1 amide bonds. The summed E-state index contributed by atoms with van der Waals surface area (Å²) in [5.74, 6) is -1.20. The lowest BCUT2D eigenvalue weighted by molar-refractivity contribution is -0.143. The smallest absolute Gasteiger partial charge is 0.326 e. The van der Waals surface area contributed by atoms with Gasteiger partial charge in [0.15, 0.2) is 0 Å². The first-order chi connectivity index (χ1) is 10.1. The highest BCUT2D eigenvalue weighted by atomic mass is 16.4. The Morgan fingerprint density at radius 2 is 2.14 bits per heavy atom. The molecule has 0 radical (unpaired) electrons. The van der Waals surface area contributed by atoms with Gasteiger partial charge in [-0.15, -0.1) is 5.10 Å². The molecule has 0 bridgehead atoms. The molecule has 1 aromatic heterocycles. The van der Waals surface area contributed by atoms with E-state index in [4.69, 9.17) is 0 Å². The number of aliphatic carboxylic acids is 1. The van der Waals surface area contributed by atoms with E-state index in [1.165, 1.54) is 4.90 Å². The molecular formula is C14H16N4O3. The molecule has 0 unspecified atom stereocenters. The summed E-state index contributed by atoms with van der Waals surface area (Å²) >= 11 is 0. The number of piperidine rings is 1. The lowest BCUT2D eigenvalue weighted by Gasteiger charge is -2.33. The van der Waals surface area contributed by atoms with E-state index in [0.717, 1.165) is 18.4 Å². The normalized spacial score (nSPS) is 18.9. The van der Waals surface area contributed by atoms with Crippen molar-refractivity contribution in [3.8, 4) is 0 Å². The molecule has 1 aliphatic heterocycles. The molecule has 1 fully saturated rings. The quantitative estimate of drug-likeness (QED) is 0.892. The molecule has 1 aliphatic rings. The van der Waals surface area contributed by atoms with E-state index in [1.54, 1.807) is 29.9 Å². The molecule has 0 aliphatic carbocycles. The summed E-state index contributed by atoms with van der Waals surface area (Å²) in [5.41, 5.74) is 1.92. The molecular weight excluding hydrogens is 272 g/mol. The van der Waals surface area contributed by atoms with Gasteiger partial charge in [-0.3, -0.25) is 4.79 Å². The highest BCUT2D eigenvalue weighted by molar-refractivity contribution is 5.99. The van der Waals surface area contributed by atoms with Crippen LogP contribution in [0, 0.1) is 0 Å². The molecule has 2 aromatic rings. The van der Waals surface area contributed by atoms with E-state index in [2.05, 4.69) is 10.3 Å². The summed E-state index contributed by atoms with van der Waals surface area (Å²) in [6.45, 7) is 0.480. The standard InChI is InChI=1S/C14H16N4O3/c1-17-11-6-5-9(8-10(11)15-16-17)13(19)18-7-3-2-4-12(18)14(20)21/h5-6,8,12H,2-4,7H2,1H3,(H,20,21)/t12-/m1/s1. The van der Waals surface area contributed by atoms with E-state index in [9.17, 15) is 14.7 Å². The van der Waals surface area contributed by atoms with Crippen LogP contribution in [-0.4, -0.2) is 49.5 Å². The maximum Gasteiger partial charge on any atom is 0.326 e. The fraction of sp³-hybridized carbons (Fsp3) is 0.429. The minimum Gasteiger partial charge on any atom is -0.480 e. The van der Waals surface area contributed by atoms with Gasteiger partial charge in [0, 0.05) is 19.2 Å². The van der Waals surface area contributed by atoms with E-state index >= 15 is 0 Å². The van der Waals surface area contributed by atoms with Crippen LogP contribution in [0.4, 0.5) is 0 Å². The number of likely N-dealkylation sites (tertiary alicyclic amines) is 1. The summed E-state index contributed by atoms with van der Waals surface area (Å²) in [4.78, 5) is 25.3. The zero-order chi connectivity index (χ0) is 15.0. The molecule has 7 heteroatoms. The predicted octanol–water partition coefficient (Wildman–Crippen LogP) is 1.05. The highest BCUT2D eigenvalue weighted by Gasteiger charge is 2.32. The monoisotopic (exact) mass is 288 g/mol. The van der Waals surface area contributed by atoms with Crippen molar-refractivity contribution < 1.29 is 14.7 Å². The van der Waals surface area contributed by atoms with Gasteiger partial charge < -0.3 is 10.0 Å². The minimum atomic E-state index is -0.941. The number of aryl methyl sites for hydroxylation is 1. The Bertz CT molecular complexity index is 709. The first kappa shape index (κ1) is 13.5. The third-order valence-corrected chi connectivity index (χ3v) is 3.91. The van der Waals surface area contributed by atoms with Crippen molar-refractivity contribution in [1.29, 1.82) is 0 Å². The van der Waals surface area contributed by atoms with Crippen LogP contribution in [0.2, 0.25) is 0 Å². The van der Waals surface area contributed by atoms with E-state index in [1.807, 2.05) is 0 Å². The van der Waals surface area contributed by atoms with Crippen LogP contribution < -0.4 is 0 Å². The Morgan fingerprint density at radius 3 is 2.90 bits per heavy atom. The second kappa shape index (κ2) is 5.16. The zero-order valence-electron chi connectivity index (χ0n) is 11.7. The van der Waals surface area contributed by atoms with Crippen LogP contribution in [0.15, 0.2) is 18.2 Å². The second-order valence-electron chi connectivity index (χ2n) is 5.26. The Balaban J connectivity index is 1.93. The highest BCUT2D eigenvalue weighted by Crippen LogP contribution is 2.21. The predicted molar refractivity (Wildman–Crippen MR) is 74.8 cm³/mol. The number of carbonyl (C=O) groups is 2. The van der Waals surface area contributed by atoms with Crippen molar-refractivity contribution in [2.24, 2.45) is 7.05 Å². The molecule has 7 nitrogen and oxygen atoms in total. The second-order valence-corrected chi connectivity index (χ2v) is 5.26. The van der Waals surface area contributed by atoms with Crippen LogP contribution >= 0.6 is 0 Å². The van der Waals surface area contributed by atoms with Gasteiger partial charge in [0.25, 0.3) is 5.91 Å². The van der Waals surface area contributed by atoms with E-state index in [-0.39, 0.29) is 5.91 Å². The van der Waals surface area contributed by atoms with Crippen LogP contribution in [0.25, 0.3) is 11.0 Å². The summed E-state index contributed by atoms with van der Waals surface area (Å²) in [7, 11) is 1.78. The number of aromatic nitrogens is 3. The fourth-order valence-electron chi connectivity index (χ4n) is 2.77. The summed E-state index contributed by atoms with van der Waals surface area (Å²) < 4.78 is 1.63. The minimum absolute atomic E-state index is 0.255. The van der Waals surface area contributed by atoms with Crippen LogP contribution in [0.5, 0.6) is 0 Å². The third kappa shape index (κ3) is 2.35. The summed E-state index contributed by atoms with van der Waals surface area (Å²) in [6, 6.07) is 4.41. The first-order valence-corrected chi connectivity index (χ1v) is 6.91. The molecule has 110 valence electrons. The average Bonchev–Trinajstić information content (AvgIpc) is 2.87. The maximum atomic E-state index is 12.6. The third-order valence-electron chi connectivity index (χ3n) is 3.91. The largest absolute Gasteiger partial charge is 0.480 e. The molecule has 1 saturated heterocycles. The van der Waals surface area contributed by atoms with Crippen LogP contribution in [0.1, 0.15) is 29.6 Å². The van der Waals surface area contributed by atoms with Crippen molar-refractivity contribution in [2.45, 2.75) is 25.3 Å².